The first-order valence-corrected chi connectivity index (χ1v) is 5.38. The number of imidazole rings is 1. The van der Waals surface area contributed by atoms with Gasteiger partial charge in [-0.15, -0.1) is 0 Å². The fourth-order valence-corrected chi connectivity index (χ4v) is 1.28. The number of rotatable bonds is 6. The molecule has 1 rings (SSSR count). The number of hydrogen-bond donors (Lipinski definition) is 1. The number of nitrogens with zero attached hydrogens (tertiary/aromatic N) is 2. The zero-order chi connectivity index (χ0) is 11.3. The summed E-state index contributed by atoms with van der Waals surface area (Å²) in [5.41, 5.74) is 1.08. The molecule has 0 amide bonds. The van der Waals surface area contributed by atoms with E-state index in [0.29, 0.717) is 6.04 Å². The Morgan fingerprint density at radius 1 is 1.47 bits per heavy atom. The zero-order valence-corrected chi connectivity index (χ0v) is 10.0. The molecule has 4 heteroatoms. The van der Waals surface area contributed by atoms with Crippen LogP contribution < -0.4 is 5.32 Å². The van der Waals surface area contributed by atoms with Crippen molar-refractivity contribution in [3.05, 3.63) is 18.2 Å². The number of ether oxygens (including phenoxy) is 1. The van der Waals surface area contributed by atoms with Gasteiger partial charge in [0.2, 0.25) is 0 Å². The van der Waals surface area contributed by atoms with Crippen molar-refractivity contribution in [3.63, 3.8) is 0 Å². The minimum Gasteiger partial charge on any atom is -0.380 e. The summed E-state index contributed by atoms with van der Waals surface area (Å²) < 4.78 is 7.26. The predicted octanol–water partition coefficient (Wildman–Crippen LogP) is 1.42. The van der Waals surface area contributed by atoms with E-state index in [2.05, 4.69) is 34.9 Å². The summed E-state index contributed by atoms with van der Waals surface area (Å²) in [6.45, 7) is 7.98. The van der Waals surface area contributed by atoms with Crippen LogP contribution in [0.5, 0.6) is 0 Å². The quantitative estimate of drug-likeness (QED) is 0.773. The number of aromatic nitrogens is 2. The van der Waals surface area contributed by atoms with Gasteiger partial charge in [-0.25, -0.2) is 4.98 Å². The third kappa shape index (κ3) is 4.44. The molecule has 1 N–H and O–H groups in total. The fraction of sp³-hybridized carbons (Fsp3) is 0.727. The molecule has 1 heterocycles. The average molecular weight is 211 g/mol. The molecule has 0 bridgehead atoms. The topological polar surface area (TPSA) is 39.1 Å². The Morgan fingerprint density at radius 3 is 2.80 bits per heavy atom. The molecular formula is C11H21N3O. The van der Waals surface area contributed by atoms with Crippen LogP contribution in [0.3, 0.4) is 0 Å². The molecule has 0 saturated heterocycles. The Morgan fingerprint density at radius 2 is 2.20 bits per heavy atom. The summed E-state index contributed by atoms with van der Waals surface area (Å²) in [6.07, 6.45) is 4.14. The molecule has 0 fully saturated rings. The van der Waals surface area contributed by atoms with Crippen molar-refractivity contribution < 1.29 is 4.74 Å². The van der Waals surface area contributed by atoms with E-state index < -0.39 is 0 Å². The van der Waals surface area contributed by atoms with Gasteiger partial charge >= 0.3 is 0 Å². The van der Waals surface area contributed by atoms with E-state index >= 15 is 0 Å². The van der Waals surface area contributed by atoms with Crippen molar-refractivity contribution in [1.82, 2.24) is 14.9 Å². The fourth-order valence-electron chi connectivity index (χ4n) is 1.28. The summed E-state index contributed by atoms with van der Waals surface area (Å²) in [6, 6.07) is 0.494. The van der Waals surface area contributed by atoms with E-state index in [4.69, 9.17) is 4.74 Å². The highest BCUT2D eigenvalue weighted by Gasteiger charge is 2.03. The molecular weight excluding hydrogens is 190 g/mol. The molecule has 86 valence electrons. The van der Waals surface area contributed by atoms with Gasteiger partial charge in [-0.2, -0.15) is 0 Å². The van der Waals surface area contributed by atoms with Crippen LogP contribution in [0.4, 0.5) is 0 Å². The van der Waals surface area contributed by atoms with Gasteiger partial charge < -0.3 is 14.6 Å². The molecule has 1 unspecified atom stereocenters. The third-order valence-corrected chi connectivity index (χ3v) is 2.25. The van der Waals surface area contributed by atoms with Crippen LogP contribution in [0.25, 0.3) is 0 Å². The Bertz CT molecular complexity index is 283. The van der Waals surface area contributed by atoms with E-state index in [1.54, 1.807) is 7.11 Å². The van der Waals surface area contributed by atoms with Crippen molar-refractivity contribution in [2.24, 2.45) is 0 Å². The van der Waals surface area contributed by atoms with Crippen LogP contribution in [0.15, 0.2) is 12.5 Å². The van der Waals surface area contributed by atoms with E-state index in [1.165, 1.54) is 0 Å². The summed E-state index contributed by atoms with van der Waals surface area (Å²) >= 11 is 0. The highest BCUT2D eigenvalue weighted by molar-refractivity contribution is 4.96. The maximum atomic E-state index is 5.20. The zero-order valence-electron chi connectivity index (χ0n) is 10.0. The Labute approximate surface area is 91.7 Å². The van der Waals surface area contributed by atoms with Crippen LogP contribution in [0.2, 0.25) is 0 Å². The molecule has 0 aliphatic carbocycles. The molecule has 0 aliphatic heterocycles. The lowest BCUT2D eigenvalue weighted by atomic mass is 10.3. The first-order chi connectivity index (χ1) is 7.11. The second-order valence-corrected chi connectivity index (χ2v) is 4.14. The third-order valence-electron chi connectivity index (χ3n) is 2.25. The monoisotopic (exact) mass is 211 g/mol. The largest absolute Gasteiger partial charge is 0.380 e. The Hall–Kier alpha value is -0.870. The van der Waals surface area contributed by atoms with Crippen molar-refractivity contribution in [3.8, 4) is 0 Å². The first kappa shape index (κ1) is 12.2. The minimum atomic E-state index is 0.227. The molecule has 4 nitrogen and oxygen atoms in total. The number of methoxy groups -OCH3 is 1. The van der Waals surface area contributed by atoms with Gasteiger partial charge in [0.15, 0.2) is 0 Å². The van der Waals surface area contributed by atoms with Gasteiger partial charge in [-0.1, -0.05) is 13.8 Å². The van der Waals surface area contributed by atoms with E-state index in [0.717, 1.165) is 18.8 Å². The van der Waals surface area contributed by atoms with Gasteiger partial charge in [0.25, 0.3) is 0 Å². The standard InChI is InChI=1S/C11H21N3O/c1-9(2)12-5-11-7-14(8-13-11)6-10(3)15-4/h7-10,12H,5-6H2,1-4H3. The predicted molar refractivity (Wildman–Crippen MR) is 60.7 cm³/mol. The van der Waals surface area contributed by atoms with Crippen molar-refractivity contribution in [2.45, 2.75) is 46.0 Å². The van der Waals surface area contributed by atoms with Crippen molar-refractivity contribution in [2.75, 3.05) is 7.11 Å². The van der Waals surface area contributed by atoms with Crippen LogP contribution >= 0.6 is 0 Å². The minimum absolute atomic E-state index is 0.227. The second-order valence-electron chi connectivity index (χ2n) is 4.14. The highest BCUT2D eigenvalue weighted by Crippen LogP contribution is 2.00. The average Bonchev–Trinajstić information content (AvgIpc) is 2.62. The summed E-state index contributed by atoms with van der Waals surface area (Å²) in [4.78, 5) is 4.32. The van der Waals surface area contributed by atoms with Crippen LogP contribution in [0.1, 0.15) is 26.5 Å². The molecule has 0 aromatic carbocycles. The van der Waals surface area contributed by atoms with Gasteiger partial charge in [-0.3, -0.25) is 0 Å². The lowest BCUT2D eigenvalue weighted by molar-refractivity contribution is 0.103. The number of nitrogens with one attached hydrogen (secondary N) is 1. The molecule has 1 aromatic heterocycles. The van der Waals surface area contributed by atoms with E-state index in [1.807, 2.05) is 13.3 Å². The normalized spacial score (nSPS) is 13.4. The Kier molecular flexibility index (Phi) is 4.78. The van der Waals surface area contributed by atoms with Crippen LogP contribution in [-0.4, -0.2) is 28.8 Å². The molecule has 0 spiro atoms. The summed E-state index contributed by atoms with van der Waals surface area (Å²) in [5.74, 6) is 0. The van der Waals surface area contributed by atoms with E-state index in [-0.39, 0.29) is 6.10 Å². The van der Waals surface area contributed by atoms with Gasteiger partial charge in [0.1, 0.15) is 0 Å². The molecule has 1 aromatic rings. The second kappa shape index (κ2) is 5.88. The Balaban J connectivity index is 2.42. The SMILES string of the molecule is COC(C)Cn1cnc(CNC(C)C)c1. The lowest BCUT2D eigenvalue weighted by Crippen LogP contribution is -2.22. The van der Waals surface area contributed by atoms with Crippen LogP contribution in [-0.2, 0) is 17.8 Å². The summed E-state index contributed by atoms with van der Waals surface area (Å²) in [5, 5.41) is 3.34. The van der Waals surface area contributed by atoms with Crippen molar-refractivity contribution >= 4 is 0 Å². The van der Waals surface area contributed by atoms with Gasteiger partial charge in [-0.05, 0) is 6.92 Å². The highest BCUT2D eigenvalue weighted by atomic mass is 16.5. The molecule has 0 radical (unpaired) electrons. The molecule has 0 saturated carbocycles. The number of hydrogen-bond acceptors (Lipinski definition) is 3. The smallest absolute Gasteiger partial charge is 0.0950 e. The molecule has 1 atom stereocenters. The van der Waals surface area contributed by atoms with Crippen molar-refractivity contribution in [1.29, 1.82) is 0 Å². The molecule has 0 aliphatic rings. The maximum Gasteiger partial charge on any atom is 0.0950 e. The van der Waals surface area contributed by atoms with Gasteiger partial charge in [0, 0.05) is 32.4 Å². The lowest BCUT2D eigenvalue weighted by Gasteiger charge is -2.09. The first-order valence-electron chi connectivity index (χ1n) is 5.38. The van der Waals surface area contributed by atoms with Crippen LogP contribution in [0, 0.1) is 0 Å². The van der Waals surface area contributed by atoms with E-state index in [9.17, 15) is 0 Å². The summed E-state index contributed by atoms with van der Waals surface area (Å²) in [7, 11) is 1.73. The maximum absolute atomic E-state index is 5.20. The molecule has 15 heavy (non-hydrogen) atoms. The van der Waals surface area contributed by atoms with Gasteiger partial charge in [0.05, 0.1) is 18.1 Å².